The van der Waals surface area contributed by atoms with E-state index in [1.165, 1.54) is 14.7 Å². The summed E-state index contributed by atoms with van der Waals surface area (Å²) in [5.74, 6) is 0. The first-order valence-corrected chi connectivity index (χ1v) is 7.38. The van der Waals surface area contributed by atoms with Crippen molar-refractivity contribution in [3.63, 3.8) is 0 Å². The van der Waals surface area contributed by atoms with Crippen LogP contribution in [0.25, 0.3) is 0 Å². The molecular weight excluding hydrogens is 349 g/mol. The van der Waals surface area contributed by atoms with Gasteiger partial charge in [-0.1, -0.05) is 42.5 Å². The summed E-state index contributed by atoms with van der Waals surface area (Å²) in [6.45, 7) is 1.67. The lowest BCUT2D eigenvalue weighted by molar-refractivity contribution is -0.112. The molecule has 0 saturated carbocycles. The Kier molecular flexibility index (Phi) is 3.66. The standard InChI is InChI=1S/C16H14INO/c17-15-8-4-7-13-14(15)10-18(16(13)11-19)9-12-5-2-1-3-6-12/h1-8,11,16H,9-10H2. The van der Waals surface area contributed by atoms with Gasteiger partial charge in [0.1, 0.15) is 6.29 Å². The van der Waals surface area contributed by atoms with Gasteiger partial charge in [-0.05, 0) is 45.3 Å². The molecule has 1 aliphatic rings. The summed E-state index contributed by atoms with van der Waals surface area (Å²) in [4.78, 5) is 13.7. The SMILES string of the molecule is O=CC1c2cccc(I)c2CN1Cc1ccccc1. The maximum atomic E-state index is 11.4. The van der Waals surface area contributed by atoms with Crippen molar-refractivity contribution >= 4 is 28.9 Å². The highest BCUT2D eigenvalue weighted by Gasteiger charge is 2.30. The van der Waals surface area contributed by atoms with Crippen molar-refractivity contribution in [2.75, 3.05) is 0 Å². The molecule has 96 valence electrons. The number of nitrogens with zero attached hydrogens (tertiary/aromatic N) is 1. The van der Waals surface area contributed by atoms with Crippen LogP contribution in [0.1, 0.15) is 22.7 Å². The van der Waals surface area contributed by atoms with Crippen LogP contribution in [0, 0.1) is 3.57 Å². The van der Waals surface area contributed by atoms with Gasteiger partial charge in [0.05, 0.1) is 6.04 Å². The zero-order valence-corrected chi connectivity index (χ0v) is 12.6. The predicted molar refractivity (Wildman–Crippen MR) is 83.7 cm³/mol. The zero-order chi connectivity index (χ0) is 13.2. The molecule has 19 heavy (non-hydrogen) atoms. The molecule has 0 spiro atoms. The molecule has 0 aliphatic carbocycles. The van der Waals surface area contributed by atoms with Gasteiger partial charge in [-0.2, -0.15) is 0 Å². The first-order chi connectivity index (χ1) is 9.29. The third kappa shape index (κ3) is 2.44. The van der Waals surface area contributed by atoms with Crippen molar-refractivity contribution in [3.8, 4) is 0 Å². The number of aldehydes is 1. The van der Waals surface area contributed by atoms with E-state index in [-0.39, 0.29) is 6.04 Å². The molecule has 0 radical (unpaired) electrons. The number of benzene rings is 2. The van der Waals surface area contributed by atoms with Crippen molar-refractivity contribution < 1.29 is 4.79 Å². The molecule has 3 heteroatoms. The molecule has 1 atom stereocenters. The van der Waals surface area contributed by atoms with E-state index in [9.17, 15) is 4.79 Å². The van der Waals surface area contributed by atoms with Crippen LogP contribution in [0.15, 0.2) is 48.5 Å². The molecule has 0 aromatic heterocycles. The van der Waals surface area contributed by atoms with Gasteiger partial charge in [-0.25, -0.2) is 0 Å². The van der Waals surface area contributed by atoms with Crippen molar-refractivity contribution in [1.29, 1.82) is 0 Å². The molecule has 0 N–H and O–H groups in total. The second-order valence-corrected chi connectivity index (χ2v) is 5.94. The third-order valence-electron chi connectivity index (χ3n) is 3.59. The van der Waals surface area contributed by atoms with E-state index in [1.807, 2.05) is 24.3 Å². The minimum Gasteiger partial charge on any atom is -0.301 e. The summed E-state index contributed by atoms with van der Waals surface area (Å²) in [6.07, 6.45) is 1.06. The number of hydrogen-bond donors (Lipinski definition) is 0. The second kappa shape index (κ2) is 5.43. The van der Waals surface area contributed by atoms with Crippen molar-refractivity contribution in [2.45, 2.75) is 19.1 Å². The molecule has 0 fully saturated rings. The maximum Gasteiger partial charge on any atom is 0.141 e. The fourth-order valence-corrected chi connectivity index (χ4v) is 3.34. The van der Waals surface area contributed by atoms with Gasteiger partial charge >= 0.3 is 0 Å². The normalized spacial score (nSPS) is 18.3. The average molecular weight is 363 g/mol. The van der Waals surface area contributed by atoms with Crippen LogP contribution in [0.4, 0.5) is 0 Å². The van der Waals surface area contributed by atoms with Crippen LogP contribution >= 0.6 is 22.6 Å². The molecule has 0 saturated heterocycles. The van der Waals surface area contributed by atoms with Crippen LogP contribution < -0.4 is 0 Å². The van der Waals surface area contributed by atoms with Gasteiger partial charge in [0.15, 0.2) is 0 Å². The molecule has 1 unspecified atom stereocenters. The number of carbonyl (C=O) groups is 1. The van der Waals surface area contributed by atoms with E-state index < -0.39 is 0 Å². The highest BCUT2D eigenvalue weighted by molar-refractivity contribution is 14.1. The van der Waals surface area contributed by atoms with E-state index in [2.05, 4.69) is 51.8 Å². The Morgan fingerprint density at radius 3 is 2.68 bits per heavy atom. The average Bonchev–Trinajstić information content (AvgIpc) is 2.79. The summed E-state index contributed by atoms with van der Waals surface area (Å²) in [5, 5.41) is 0. The molecule has 1 heterocycles. The molecule has 3 rings (SSSR count). The third-order valence-corrected chi connectivity index (χ3v) is 4.60. The van der Waals surface area contributed by atoms with Gasteiger partial charge in [0.2, 0.25) is 0 Å². The minimum absolute atomic E-state index is 0.107. The second-order valence-electron chi connectivity index (χ2n) is 4.78. The summed E-state index contributed by atoms with van der Waals surface area (Å²) >= 11 is 2.35. The van der Waals surface area contributed by atoms with Gasteiger partial charge < -0.3 is 4.79 Å². The van der Waals surface area contributed by atoms with Gasteiger partial charge in [0, 0.05) is 16.7 Å². The van der Waals surface area contributed by atoms with Gasteiger partial charge in [-0.15, -0.1) is 0 Å². The first kappa shape index (κ1) is 12.8. The predicted octanol–water partition coefficient (Wildman–Crippen LogP) is 3.55. The lowest BCUT2D eigenvalue weighted by Crippen LogP contribution is -2.22. The number of halogens is 1. The van der Waals surface area contributed by atoms with Crippen LogP contribution in [0.2, 0.25) is 0 Å². The molecule has 1 aliphatic heterocycles. The van der Waals surface area contributed by atoms with Gasteiger partial charge in [0.25, 0.3) is 0 Å². The number of hydrogen-bond acceptors (Lipinski definition) is 2. The lowest BCUT2D eigenvalue weighted by Gasteiger charge is -2.20. The molecule has 2 aromatic rings. The van der Waals surface area contributed by atoms with Crippen molar-refractivity contribution in [2.24, 2.45) is 0 Å². The Hall–Kier alpha value is -1.20. The van der Waals surface area contributed by atoms with E-state index in [1.54, 1.807) is 0 Å². The van der Waals surface area contributed by atoms with Crippen LogP contribution in [0.5, 0.6) is 0 Å². The summed E-state index contributed by atoms with van der Waals surface area (Å²) < 4.78 is 1.25. The monoisotopic (exact) mass is 363 g/mol. The topological polar surface area (TPSA) is 20.3 Å². The molecular formula is C16H14INO. The lowest BCUT2D eigenvalue weighted by atomic mass is 10.1. The Morgan fingerprint density at radius 1 is 1.16 bits per heavy atom. The Bertz CT molecular complexity index is 597. The molecule has 0 bridgehead atoms. The molecule has 2 aromatic carbocycles. The fourth-order valence-electron chi connectivity index (χ4n) is 2.65. The summed E-state index contributed by atoms with van der Waals surface area (Å²) in [5.41, 5.74) is 3.71. The zero-order valence-electron chi connectivity index (χ0n) is 10.4. The van der Waals surface area contributed by atoms with Crippen molar-refractivity contribution in [3.05, 3.63) is 68.8 Å². The van der Waals surface area contributed by atoms with Crippen LogP contribution in [-0.2, 0) is 17.9 Å². The highest BCUT2D eigenvalue weighted by Crippen LogP contribution is 2.35. The largest absolute Gasteiger partial charge is 0.301 e. The Morgan fingerprint density at radius 2 is 1.95 bits per heavy atom. The highest BCUT2D eigenvalue weighted by atomic mass is 127. The quantitative estimate of drug-likeness (QED) is 0.614. The van der Waals surface area contributed by atoms with E-state index in [0.29, 0.717) is 0 Å². The maximum absolute atomic E-state index is 11.4. The van der Waals surface area contributed by atoms with Crippen molar-refractivity contribution in [1.82, 2.24) is 4.90 Å². The number of rotatable bonds is 3. The molecule has 0 amide bonds. The fraction of sp³-hybridized carbons (Fsp3) is 0.188. The van der Waals surface area contributed by atoms with E-state index in [4.69, 9.17) is 0 Å². The summed E-state index contributed by atoms with van der Waals surface area (Å²) in [6, 6.07) is 16.4. The Labute approximate surface area is 126 Å². The summed E-state index contributed by atoms with van der Waals surface area (Å²) in [7, 11) is 0. The van der Waals surface area contributed by atoms with E-state index >= 15 is 0 Å². The molecule has 2 nitrogen and oxygen atoms in total. The number of fused-ring (bicyclic) bond motifs is 1. The van der Waals surface area contributed by atoms with Crippen LogP contribution in [0.3, 0.4) is 0 Å². The smallest absolute Gasteiger partial charge is 0.141 e. The van der Waals surface area contributed by atoms with Gasteiger partial charge in [-0.3, -0.25) is 4.90 Å². The van der Waals surface area contributed by atoms with E-state index in [0.717, 1.165) is 24.9 Å². The number of carbonyl (C=O) groups excluding carboxylic acids is 1. The Balaban J connectivity index is 1.90. The first-order valence-electron chi connectivity index (χ1n) is 6.30. The van der Waals surface area contributed by atoms with Crippen LogP contribution in [-0.4, -0.2) is 11.2 Å². The minimum atomic E-state index is -0.107.